The number of hydrogen-bond acceptors (Lipinski definition) is 4. The highest BCUT2D eigenvalue weighted by atomic mass is 35.5. The van der Waals surface area contributed by atoms with Crippen LogP contribution >= 0.6 is 23.2 Å². The Morgan fingerprint density at radius 3 is 2.61 bits per heavy atom. The van der Waals surface area contributed by atoms with Crippen molar-refractivity contribution in [3.63, 3.8) is 0 Å². The molecule has 0 atom stereocenters. The van der Waals surface area contributed by atoms with Gasteiger partial charge in [0, 0.05) is 12.6 Å². The summed E-state index contributed by atoms with van der Waals surface area (Å²) in [4.78, 5) is 25.3. The van der Waals surface area contributed by atoms with E-state index in [1.54, 1.807) is 24.3 Å². The van der Waals surface area contributed by atoms with Gasteiger partial charge in [0.25, 0.3) is 5.91 Å². The lowest BCUT2D eigenvalue weighted by molar-refractivity contribution is -0.142. The molecule has 0 aliphatic heterocycles. The number of benzene rings is 2. The van der Waals surface area contributed by atoms with Gasteiger partial charge in [0.1, 0.15) is 5.82 Å². The molecule has 0 aliphatic carbocycles. The SMILES string of the molecule is N#CCCN(C(=O)COC(=O)/C=C/c1ccc(Cl)c(Cl)c1)c1ccccc1F. The number of carbonyl (C=O) groups excluding carboxylic acids is 2. The van der Waals surface area contributed by atoms with E-state index < -0.39 is 24.3 Å². The molecule has 0 fully saturated rings. The third-order valence-electron chi connectivity index (χ3n) is 3.58. The van der Waals surface area contributed by atoms with Gasteiger partial charge in [-0.3, -0.25) is 4.79 Å². The molecule has 5 nitrogen and oxygen atoms in total. The van der Waals surface area contributed by atoms with Gasteiger partial charge < -0.3 is 9.64 Å². The number of hydrogen-bond donors (Lipinski definition) is 0. The van der Waals surface area contributed by atoms with Gasteiger partial charge in [0.2, 0.25) is 0 Å². The number of ether oxygens (including phenoxy) is 1. The van der Waals surface area contributed by atoms with Crippen molar-refractivity contribution < 1.29 is 18.7 Å². The van der Waals surface area contributed by atoms with Crippen LogP contribution in [0.5, 0.6) is 0 Å². The van der Waals surface area contributed by atoms with Crippen molar-refractivity contribution in [1.29, 1.82) is 5.26 Å². The van der Waals surface area contributed by atoms with Crippen LogP contribution in [0.4, 0.5) is 10.1 Å². The molecular formula is C20H15Cl2FN2O3. The summed E-state index contributed by atoms with van der Waals surface area (Å²) in [5.74, 6) is -2.01. The van der Waals surface area contributed by atoms with Crippen LogP contribution in [0.25, 0.3) is 6.08 Å². The molecule has 0 N–H and O–H groups in total. The Hall–Kier alpha value is -2.88. The molecule has 2 rings (SSSR count). The van der Waals surface area contributed by atoms with Gasteiger partial charge in [-0.2, -0.15) is 5.26 Å². The highest BCUT2D eigenvalue weighted by molar-refractivity contribution is 6.42. The fourth-order valence-corrected chi connectivity index (χ4v) is 2.56. The molecule has 0 aromatic heterocycles. The van der Waals surface area contributed by atoms with E-state index in [9.17, 15) is 14.0 Å². The molecule has 0 aliphatic rings. The first kappa shape index (κ1) is 21.4. The van der Waals surface area contributed by atoms with Crippen molar-refractivity contribution in [2.45, 2.75) is 6.42 Å². The molecular weight excluding hydrogens is 406 g/mol. The van der Waals surface area contributed by atoms with Crippen LogP contribution in [0.2, 0.25) is 10.0 Å². The zero-order valence-electron chi connectivity index (χ0n) is 14.6. The summed E-state index contributed by atoms with van der Waals surface area (Å²) in [5, 5.41) is 9.48. The van der Waals surface area contributed by atoms with Gasteiger partial charge in [-0.1, -0.05) is 41.4 Å². The van der Waals surface area contributed by atoms with Gasteiger partial charge in [0.15, 0.2) is 6.61 Å². The van der Waals surface area contributed by atoms with Crippen LogP contribution in [0.15, 0.2) is 48.5 Å². The van der Waals surface area contributed by atoms with E-state index in [-0.39, 0.29) is 18.7 Å². The number of nitriles is 1. The minimum absolute atomic E-state index is 0.00521. The summed E-state index contributed by atoms with van der Waals surface area (Å²) in [6.45, 7) is -0.614. The van der Waals surface area contributed by atoms with Gasteiger partial charge in [0.05, 0.1) is 28.2 Å². The number of anilines is 1. The normalized spacial score (nSPS) is 10.5. The van der Waals surface area contributed by atoms with Gasteiger partial charge >= 0.3 is 5.97 Å². The maximum Gasteiger partial charge on any atom is 0.331 e. The largest absolute Gasteiger partial charge is 0.452 e. The highest BCUT2D eigenvalue weighted by Crippen LogP contribution is 2.23. The number of para-hydroxylation sites is 1. The van der Waals surface area contributed by atoms with Crippen LogP contribution in [-0.4, -0.2) is 25.0 Å². The Kier molecular flexibility index (Phi) is 8.00. The van der Waals surface area contributed by atoms with Crippen molar-refractivity contribution in [3.8, 4) is 6.07 Å². The predicted molar refractivity (Wildman–Crippen MR) is 105 cm³/mol. The van der Waals surface area contributed by atoms with Gasteiger partial charge in [-0.05, 0) is 35.9 Å². The molecule has 0 spiro atoms. The number of halogens is 3. The summed E-state index contributed by atoms with van der Waals surface area (Å²) >= 11 is 11.7. The average Bonchev–Trinajstić information content (AvgIpc) is 2.68. The summed E-state index contributed by atoms with van der Waals surface area (Å²) in [5.41, 5.74) is 0.643. The molecule has 2 aromatic carbocycles. The molecule has 2 aromatic rings. The number of esters is 1. The molecule has 0 saturated heterocycles. The van der Waals surface area contributed by atoms with Gasteiger partial charge in [-0.25, -0.2) is 9.18 Å². The quantitative estimate of drug-likeness (QED) is 0.483. The van der Waals surface area contributed by atoms with Crippen molar-refractivity contribution in [2.75, 3.05) is 18.1 Å². The average molecular weight is 421 g/mol. The molecule has 1 amide bonds. The second kappa shape index (κ2) is 10.5. The van der Waals surface area contributed by atoms with Crippen LogP contribution in [0.1, 0.15) is 12.0 Å². The fraction of sp³-hybridized carbons (Fsp3) is 0.150. The highest BCUT2D eigenvalue weighted by Gasteiger charge is 2.19. The van der Waals surface area contributed by atoms with Crippen molar-refractivity contribution in [1.82, 2.24) is 0 Å². The predicted octanol–water partition coefficient (Wildman–Crippen LogP) is 4.64. The van der Waals surface area contributed by atoms with Crippen LogP contribution in [0, 0.1) is 17.1 Å². The van der Waals surface area contributed by atoms with Crippen LogP contribution in [0.3, 0.4) is 0 Å². The number of rotatable bonds is 7. The molecule has 0 unspecified atom stereocenters. The topological polar surface area (TPSA) is 70.4 Å². The van der Waals surface area contributed by atoms with E-state index in [4.69, 9.17) is 33.2 Å². The van der Waals surface area contributed by atoms with Crippen LogP contribution in [-0.2, 0) is 14.3 Å². The standard InChI is InChI=1S/C20H15Cl2FN2O3/c21-15-8-6-14(12-16(15)22)7-9-20(27)28-13-19(26)25(11-3-10-24)18-5-2-1-4-17(18)23/h1-2,4-9,12H,3,11,13H2/b9-7+. The molecule has 0 radical (unpaired) electrons. The Morgan fingerprint density at radius 1 is 1.18 bits per heavy atom. The summed E-state index contributed by atoms with van der Waals surface area (Å²) in [6.07, 6.45) is 2.60. The third-order valence-corrected chi connectivity index (χ3v) is 4.32. The van der Waals surface area contributed by atoms with E-state index in [0.717, 1.165) is 11.0 Å². The first-order chi connectivity index (χ1) is 13.4. The third kappa shape index (κ3) is 6.08. The van der Waals surface area contributed by atoms with E-state index in [0.29, 0.717) is 15.6 Å². The lowest BCUT2D eigenvalue weighted by Crippen LogP contribution is -2.36. The molecule has 8 heteroatoms. The number of carbonyl (C=O) groups is 2. The minimum atomic E-state index is -0.756. The van der Waals surface area contributed by atoms with Crippen molar-refractivity contribution >= 4 is 46.8 Å². The smallest absolute Gasteiger partial charge is 0.331 e. The van der Waals surface area contributed by atoms with E-state index in [1.165, 1.54) is 24.3 Å². The Bertz CT molecular complexity index is 941. The molecule has 28 heavy (non-hydrogen) atoms. The molecule has 0 heterocycles. The lowest BCUT2D eigenvalue weighted by atomic mass is 10.2. The zero-order chi connectivity index (χ0) is 20.5. The van der Waals surface area contributed by atoms with Gasteiger partial charge in [-0.15, -0.1) is 0 Å². The first-order valence-corrected chi connectivity index (χ1v) is 8.89. The maximum atomic E-state index is 14.0. The Morgan fingerprint density at radius 2 is 1.93 bits per heavy atom. The number of amides is 1. The molecule has 0 bridgehead atoms. The maximum absolute atomic E-state index is 14.0. The van der Waals surface area contributed by atoms with Crippen LogP contribution < -0.4 is 4.90 Å². The summed E-state index contributed by atoms with van der Waals surface area (Å²) in [7, 11) is 0. The molecule has 0 saturated carbocycles. The summed E-state index contributed by atoms with van der Waals surface area (Å²) < 4.78 is 18.9. The fourth-order valence-electron chi connectivity index (χ4n) is 2.25. The minimum Gasteiger partial charge on any atom is -0.452 e. The monoisotopic (exact) mass is 420 g/mol. The Labute approximate surface area is 171 Å². The second-order valence-corrected chi connectivity index (χ2v) is 6.33. The van der Waals surface area contributed by atoms with E-state index in [2.05, 4.69) is 0 Å². The molecule has 144 valence electrons. The van der Waals surface area contributed by atoms with Crippen molar-refractivity contribution in [2.24, 2.45) is 0 Å². The van der Waals surface area contributed by atoms with E-state index in [1.807, 2.05) is 6.07 Å². The second-order valence-electron chi connectivity index (χ2n) is 5.52. The number of nitrogens with zero attached hydrogens (tertiary/aromatic N) is 2. The Balaban J connectivity index is 2.00. The zero-order valence-corrected chi connectivity index (χ0v) is 16.1. The lowest BCUT2D eigenvalue weighted by Gasteiger charge is -2.21. The summed E-state index contributed by atoms with van der Waals surface area (Å²) in [6, 6.07) is 12.4. The van der Waals surface area contributed by atoms with Crippen molar-refractivity contribution in [3.05, 3.63) is 70.0 Å². The first-order valence-electron chi connectivity index (χ1n) is 8.14. The van der Waals surface area contributed by atoms with E-state index >= 15 is 0 Å².